The molecule has 0 aliphatic rings. The maximum absolute atomic E-state index is 14.2. The number of hydrogen-bond donors (Lipinski definition) is 2. The van der Waals surface area contributed by atoms with Crippen molar-refractivity contribution in [1.82, 2.24) is 5.32 Å². The molecule has 0 aromatic heterocycles. The molecule has 0 fully saturated rings. The second-order valence-corrected chi connectivity index (χ2v) is 12.3. The molecule has 0 saturated carbocycles. The smallest absolute Gasteiger partial charge is 0.328 e. The maximum atomic E-state index is 14.2. The number of carboxylic acids is 1. The monoisotopic (exact) mass is 675 g/mol. The molecule has 2 aromatic rings. The molecule has 0 unspecified atom stereocenters. The van der Waals surface area contributed by atoms with Crippen LogP contribution in [0.4, 0.5) is 13.2 Å². The van der Waals surface area contributed by atoms with Crippen LogP contribution in [0.2, 0.25) is 0 Å². The number of unbranched alkanes of at least 4 members (excludes halogenated alkanes) is 8. The van der Waals surface area contributed by atoms with Crippen molar-refractivity contribution >= 4 is 17.8 Å². The van der Waals surface area contributed by atoms with Crippen molar-refractivity contribution in [3.05, 3.63) is 72.1 Å². The van der Waals surface area contributed by atoms with E-state index < -0.39 is 41.6 Å². The highest BCUT2D eigenvalue weighted by molar-refractivity contribution is 5.90. The molecule has 0 aliphatic heterocycles. The summed E-state index contributed by atoms with van der Waals surface area (Å²) >= 11 is 0. The Bertz CT molecular complexity index is 1280. The summed E-state index contributed by atoms with van der Waals surface area (Å²) in [6.07, 6.45) is 10.7. The molecule has 0 radical (unpaired) electrons. The molecule has 2 aromatic carbocycles. The van der Waals surface area contributed by atoms with Gasteiger partial charge in [0.15, 0.2) is 0 Å². The third-order valence-electron chi connectivity index (χ3n) is 8.43. The largest absolute Gasteiger partial charge is 0.481 e. The number of aliphatic carboxylic acids is 1. The molecule has 7 nitrogen and oxygen atoms in total. The fraction of sp³-hybridized carbons (Fsp3) is 0.553. The van der Waals surface area contributed by atoms with Gasteiger partial charge >= 0.3 is 11.9 Å². The van der Waals surface area contributed by atoms with E-state index in [2.05, 4.69) is 12.2 Å². The number of benzene rings is 2. The molecular weight excluding hydrogens is 623 g/mol. The summed E-state index contributed by atoms with van der Waals surface area (Å²) < 4.78 is 52.6. The molecule has 0 bridgehead atoms. The number of hydrogen-bond acceptors (Lipinski definition) is 5. The van der Waals surface area contributed by atoms with Crippen LogP contribution in [0.25, 0.3) is 11.1 Å². The Morgan fingerprint density at radius 2 is 1.52 bits per heavy atom. The van der Waals surface area contributed by atoms with E-state index in [-0.39, 0.29) is 31.7 Å². The number of halogens is 3. The Labute approximate surface area is 283 Å². The van der Waals surface area contributed by atoms with Gasteiger partial charge in [-0.2, -0.15) is 0 Å². The van der Waals surface area contributed by atoms with E-state index in [9.17, 15) is 32.7 Å². The molecule has 0 aliphatic carbocycles. The molecule has 1 amide bonds. The number of carboxylic acid groups (broad SMARTS) is 1. The first-order valence-electron chi connectivity index (χ1n) is 17.0. The van der Waals surface area contributed by atoms with Gasteiger partial charge in [0, 0.05) is 31.9 Å². The normalized spacial score (nSPS) is 13.6. The molecule has 0 saturated heterocycles. The van der Waals surface area contributed by atoms with E-state index >= 15 is 0 Å². The number of allylic oxidation sites excluding steroid dienone is 1. The number of amides is 1. The Kier molecular flexibility index (Phi) is 18.6. The molecule has 2 rings (SSSR count). The number of esters is 1. The van der Waals surface area contributed by atoms with Crippen LogP contribution in [0.3, 0.4) is 0 Å². The van der Waals surface area contributed by atoms with Crippen LogP contribution in [-0.4, -0.2) is 55.7 Å². The van der Waals surface area contributed by atoms with Gasteiger partial charge in [-0.25, -0.2) is 18.0 Å². The van der Waals surface area contributed by atoms with E-state index in [0.717, 1.165) is 32.1 Å². The highest BCUT2D eigenvalue weighted by Gasteiger charge is 2.34. The number of ether oxygens (including phenoxy) is 2. The average Bonchev–Trinajstić information content (AvgIpc) is 3.06. The highest BCUT2D eigenvalue weighted by atomic mass is 19.3. The summed E-state index contributed by atoms with van der Waals surface area (Å²) in [5, 5.41) is 12.5. The van der Waals surface area contributed by atoms with E-state index in [1.54, 1.807) is 48.5 Å². The Hall–Kier alpha value is -3.66. The van der Waals surface area contributed by atoms with Crippen LogP contribution in [0.15, 0.2) is 60.7 Å². The predicted molar refractivity (Wildman–Crippen MR) is 181 cm³/mol. The molecule has 0 heterocycles. The SMILES string of the molecule is CCCCCCCC(F)(F)CCCCCC/C=C/[C@H](C(=O)N[C@@H](Cc1ccc(-c2ccccc2F)cc1)C(=O)OC)[C@@H](COC)C(=O)O. The van der Waals surface area contributed by atoms with Crippen molar-refractivity contribution in [3.63, 3.8) is 0 Å². The Morgan fingerprint density at radius 1 is 0.896 bits per heavy atom. The van der Waals surface area contributed by atoms with Crippen molar-refractivity contribution in [1.29, 1.82) is 0 Å². The number of alkyl halides is 2. The second-order valence-electron chi connectivity index (χ2n) is 12.3. The van der Waals surface area contributed by atoms with Gasteiger partial charge in [-0.1, -0.05) is 100 Å². The summed E-state index contributed by atoms with van der Waals surface area (Å²) in [6.45, 7) is 1.86. The lowest BCUT2D eigenvalue weighted by atomic mass is 9.90. The zero-order valence-corrected chi connectivity index (χ0v) is 28.5. The maximum Gasteiger partial charge on any atom is 0.328 e. The summed E-state index contributed by atoms with van der Waals surface area (Å²) in [6, 6.07) is 12.1. The lowest BCUT2D eigenvalue weighted by Crippen LogP contribution is -2.48. The standard InChI is InChI=1S/C38H52F3NO6/c1-4-5-6-10-15-24-38(40,41)25-16-11-8-7-9-12-18-31(32(27-47-2)36(44)45)35(43)42-34(37(46)48-3)26-28-20-22-29(23-21-28)30-17-13-14-19-33(30)39/h12-14,17-23,31-32,34H,4-11,15-16,24-27H2,1-3H3,(H,42,43)(H,44,45)/b18-12+/t31-,32+,34-/m0/s1. The number of methoxy groups -OCH3 is 2. The quantitative estimate of drug-likeness (QED) is 0.0657. The van der Waals surface area contributed by atoms with Crippen molar-refractivity contribution in [3.8, 4) is 11.1 Å². The minimum absolute atomic E-state index is 0.0618. The summed E-state index contributed by atoms with van der Waals surface area (Å²) in [4.78, 5) is 38.3. The molecular formula is C38H52F3NO6. The fourth-order valence-corrected chi connectivity index (χ4v) is 5.62. The minimum Gasteiger partial charge on any atom is -0.481 e. The highest BCUT2D eigenvalue weighted by Crippen LogP contribution is 2.29. The average molecular weight is 676 g/mol. The summed E-state index contributed by atoms with van der Waals surface area (Å²) in [7, 11) is 2.54. The number of rotatable bonds is 24. The van der Waals surface area contributed by atoms with E-state index in [1.165, 1.54) is 26.4 Å². The van der Waals surface area contributed by atoms with E-state index in [4.69, 9.17) is 9.47 Å². The van der Waals surface area contributed by atoms with Gasteiger partial charge in [-0.05, 0) is 42.9 Å². The molecule has 2 N–H and O–H groups in total. The Balaban J connectivity index is 1.99. The number of nitrogens with one attached hydrogen (secondary N) is 1. The molecule has 48 heavy (non-hydrogen) atoms. The van der Waals surface area contributed by atoms with Crippen molar-refractivity contribution in [2.24, 2.45) is 11.8 Å². The first-order chi connectivity index (χ1) is 23.0. The van der Waals surface area contributed by atoms with Crippen LogP contribution in [0.1, 0.15) is 89.5 Å². The van der Waals surface area contributed by atoms with E-state index in [1.807, 2.05) is 0 Å². The second kappa shape index (κ2) is 22.1. The van der Waals surface area contributed by atoms with Crippen LogP contribution in [-0.2, 0) is 30.3 Å². The van der Waals surface area contributed by atoms with Gasteiger partial charge in [0.05, 0.1) is 25.6 Å². The number of carbonyl (C=O) groups excluding carboxylic acids is 2. The van der Waals surface area contributed by atoms with Gasteiger partial charge in [-0.3, -0.25) is 9.59 Å². The van der Waals surface area contributed by atoms with Crippen molar-refractivity contribution in [2.75, 3.05) is 20.8 Å². The Morgan fingerprint density at radius 3 is 2.10 bits per heavy atom. The van der Waals surface area contributed by atoms with Gasteiger partial charge in [-0.15, -0.1) is 0 Å². The van der Waals surface area contributed by atoms with Crippen LogP contribution in [0.5, 0.6) is 0 Å². The van der Waals surface area contributed by atoms with Gasteiger partial charge in [0.2, 0.25) is 11.8 Å². The molecule has 3 atom stereocenters. The zero-order chi connectivity index (χ0) is 35.4. The van der Waals surface area contributed by atoms with Crippen LogP contribution >= 0.6 is 0 Å². The van der Waals surface area contributed by atoms with Crippen LogP contribution < -0.4 is 5.32 Å². The van der Waals surface area contributed by atoms with Gasteiger partial charge < -0.3 is 19.9 Å². The predicted octanol–water partition coefficient (Wildman–Crippen LogP) is 8.55. The molecule has 10 heteroatoms. The lowest BCUT2D eigenvalue weighted by molar-refractivity contribution is -0.149. The minimum atomic E-state index is -2.63. The van der Waals surface area contributed by atoms with Crippen molar-refractivity contribution in [2.45, 2.75) is 102 Å². The first kappa shape index (κ1) is 40.5. The van der Waals surface area contributed by atoms with Gasteiger partial charge in [0.25, 0.3) is 0 Å². The topological polar surface area (TPSA) is 102 Å². The third kappa shape index (κ3) is 14.6. The zero-order valence-electron chi connectivity index (χ0n) is 28.5. The summed E-state index contributed by atoms with van der Waals surface area (Å²) in [5.74, 6) is -7.96. The van der Waals surface area contributed by atoms with Crippen molar-refractivity contribution < 1.29 is 42.1 Å². The molecule has 266 valence electrons. The lowest BCUT2D eigenvalue weighted by Gasteiger charge is -2.23. The van der Waals surface area contributed by atoms with Gasteiger partial charge in [0.1, 0.15) is 11.9 Å². The fourth-order valence-electron chi connectivity index (χ4n) is 5.62. The summed E-state index contributed by atoms with van der Waals surface area (Å²) in [5.41, 5.74) is 1.75. The number of carbonyl (C=O) groups is 3. The third-order valence-corrected chi connectivity index (χ3v) is 8.43. The first-order valence-corrected chi connectivity index (χ1v) is 17.0. The molecule has 0 spiro atoms. The van der Waals surface area contributed by atoms with E-state index in [0.29, 0.717) is 48.8 Å². The van der Waals surface area contributed by atoms with Crippen LogP contribution in [0, 0.1) is 17.7 Å².